The van der Waals surface area contributed by atoms with Gasteiger partial charge in [0.15, 0.2) is 5.82 Å². The monoisotopic (exact) mass is 334 g/mol. The third-order valence-corrected chi connectivity index (χ3v) is 3.87. The first-order valence-electron chi connectivity index (χ1n) is 6.44. The second kappa shape index (κ2) is 6.25. The lowest BCUT2D eigenvalue weighted by Crippen LogP contribution is -1.97. The van der Waals surface area contributed by atoms with E-state index in [4.69, 9.17) is 27.9 Å². The van der Waals surface area contributed by atoms with Gasteiger partial charge in [-0.2, -0.15) is 10.3 Å². The first kappa shape index (κ1) is 14.7. The van der Waals surface area contributed by atoms with Gasteiger partial charge in [0.1, 0.15) is 5.75 Å². The van der Waals surface area contributed by atoms with Gasteiger partial charge in [0.05, 0.1) is 29.0 Å². The fourth-order valence-electron chi connectivity index (χ4n) is 2.15. The van der Waals surface area contributed by atoms with Crippen molar-refractivity contribution in [3.8, 4) is 16.9 Å². The Morgan fingerprint density at radius 3 is 2.68 bits per heavy atom. The lowest BCUT2D eigenvalue weighted by Gasteiger charge is -2.14. The van der Waals surface area contributed by atoms with Crippen LogP contribution in [0.4, 0.5) is 11.5 Å². The van der Waals surface area contributed by atoms with Crippen LogP contribution in [0.3, 0.4) is 0 Å². The molecule has 0 fully saturated rings. The Labute approximate surface area is 137 Å². The van der Waals surface area contributed by atoms with Crippen LogP contribution in [0.1, 0.15) is 0 Å². The lowest BCUT2D eigenvalue weighted by molar-refractivity contribution is 0.418. The van der Waals surface area contributed by atoms with Crippen LogP contribution in [0, 0.1) is 0 Å². The van der Waals surface area contributed by atoms with Crippen molar-refractivity contribution in [2.75, 3.05) is 12.4 Å². The third-order valence-electron chi connectivity index (χ3n) is 3.13. The molecular weight excluding hydrogens is 323 g/mol. The van der Waals surface area contributed by atoms with Crippen molar-refractivity contribution in [2.24, 2.45) is 0 Å². The highest BCUT2D eigenvalue weighted by molar-refractivity contribution is 6.42. The number of methoxy groups -OCH3 is 1. The topological polar surface area (TPSA) is 62.8 Å². The van der Waals surface area contributed by atoms with Gasteiger partial charge in [-0.3, -0.25) is 0 Å². The number of benzene rings is 2. The highest BCUT2D eigenvalue weighted by atomic mass is 35.5. The van der Waals surface area contributed by atoms with Gasteiger partial charge >= 0.3 is 0 Å². The molecule has 0 aliphatic rings. The van der Waals surface area contributed by atoms with E-state index in [0.29, 0.717) is 21.6 Å². The van der Waals surface area contributed by atoms with E-state index < -0.39 is 0 Å². The molecule has 2 N–H and O–H groups in total. The predicted molar refractivity (Wildman–Crippen MR) is 88.1 cm³/mol. The van der Waals surface area contributed by atoms with Crippen LogP contribution in [0.25, 0.3) is 11.1 Å². The fraction of sp³-hybridized carbons (Fsp3) is 0.0667. The molecule has 0 spiro atoms. The molecule has 0 radical (unpaired) electrons. The molecule has 0 aliphatic carbocycles. The summed E-state index contributed by atoms with van der Waals surface area (Å²) in [5.41, 5.74) is 2.59. The van der Waals surface area contributed by atoms with Crippen LogP contribution in [-0.2, 0) is 0 Å². The van der Waals surface area contributed by atoms with Crippen molar-refractivity contribution in [1.82, 2.24) is 15.4 Å². The Hall–Kier alpha value is -2.24. The molecule has 7 heteroatoms. The Bertz CT molecular complexity index is 790. The predicted octanol–water partition coefficient (Wildman–Crippen LogP) is 4.53. The van der Waals surface area contributed by atoms with Crippen LogP contribution < -0.4 is 10.1 Å². The molecule has 0 atom stereocenters. The first-order chi connectivity index (χ1) is 10.7. The molecule has 0 saturated carbocycles. The van der Waals surface area contributed by atoms with Gasteiger partial charge in [0.2, 0.25) is 0 Å². The van der Waals surface area contributed by atoms with Crippen molar-refractivity contribution in [2.45, 2.75) is 0 Å². The van der Waals surface area contributed by atoms with Crippen LogP contribution in [0.5, 0.6) is 5.75 Å². The second-order valence-electron chi connectivity index (χ2n) is 4.50. The van der Waals surface area contributed by atoms with Gasteiger partial charge in [0.25, 0.3) is 0 Å². The lowest BCUT2D eigenvalue weighted by atomic mass is 10.0. The third kappa shape index (κ3) is 2.86. The highest BCUT2D eigenvalue weighted by Gasteiger charge is 2.13. The molecule has 0 amide bonds. The number of ether oxygens (including phenoxy) is 1. The van der Waals surface area contributed by atoms with E-state index in [2.05, 4.69) is 20.7 Å². The number of para-hydroxylation sites is 1. The minimum absolute atomic E-state index is 0.496. The number of hydrogen-bond donors (Lipinski definition) is 2. The summed E-state index contributed by atoms with van der Waals surface area (Å²) in [6, 6.07) is 11.2. The second-order valence-corrected chi connectivity index (χ2v) is 5.31. The number of aromatic nitrogens is 3. The largest absolute Gasteiger partial charge is 0.494 e. The number of aromatic amines is 1. The highest BCUT2D eigenvalue weighted by Crippen LogP contribution is 2.39. The number of nitrogens with zero attached hydrogens (tertiary/aromatic N) is 2. The number of halogens is 2. The van der Waals surface area contributed by atoms with E-state index in [0.717, 1.165) is 16.8 Å². The molecular formula is C15H12Cl2N4O. The van der Waals surface area contributed by atoms with Crippen molar-refractivity contribution in [3.05, 3.63) is 52.6 Å². The van der Waals surface area contributed by atoms with Gasteiger partial charge in [-0.05, 0) is 23.8 Å². The summed E-state index contributed by atoms with van der Waals surface area (Å²) in [6.45, 7) is 0. The normalized spacial score (nSPS) is 10.5. The van der Waals surface area contributed by atoms with Crippen molar-refractivity contribution in [3.63, 3.8) is 0 Å². The molecule has 0 bridgehead atoms. The van der Waals surface area contributed by atoms with E-state index in [1.54, 1.807) is 19.4 Å². The van der Waals surface area contributed by atoms with Crippen LogP contribution in [0.2, 0.25) is 10.0 Å². The summed E-state index contributed by atoms with van der Waals surface area (Å²) in [4.78, 5) is 0. The molecule has 5 nitrogen and oxygen atoms in total. The zero-order valence-electron chi connectivity index (χ0n) is 11.6. The molecule has 22 heavy (non-hydrogen) atoms. The van der Waals surface area contributed by atoms with Gasteiger partial charge < -0.3 is 10.1 Å². The maximum Gasteiger partial charge on any atom is 0.172 e. The van der Waals surface area contributed by atoms with E-state index in [1.807, 2.05) is 30.3 Å². The quantitative estimate of drug-likeness (QED) is 0.735. The molecule has 112 valence electrons. The van der Waals surface area contributed by atoms with Crippen LogP contribution >= 0.6 is 23.2 Å². The van der Waals surface area contributed by atoms with Gasteiger partial charge in [-0.15, -0.1) is 5.10 Å². The van der Waals surface area contributed by atoms with Crippen molar-refractivity contribution >= 4 is 34.7 Å². The molecule has 0 aliphatic heterocycles. The Morgan fingerprint density at radius 2 is 2.00 bits per heavy atom. The summed E-state index contributed by atoms with van der Waals surface area (Å²) in [6.07, 6.45) is 1.59. The summed E-state index contributed by atoms with van der Waals surface area (Å²) in [5.74, 6) is 1.29. The minimum Gasteiger partial charge on any atom is -0.494 e. The zero-order valence-corrected chi connectivity index (χ0v) is 13.1. The number of rotatable bonds is 4. The average Bonchev–Trinajstić information content (AvgIpc) is 3.03. The molecule has 0 unspecified atom stereocenters. The van der Waals surface area contributed by atoms with Crippen molar-refractivity contribution < 1.29 is 4.74 Å². The minimum atomic E-state index is 0.496. The number of hydrogen-bond acceptors (Lipinski definition) is 4. The Kier molecular flexibility index (Phi) is 4.18. The van der Waals surface area contributed by atoms with E-state index in [-0.39, 0.29) is 0 Å². The zero-order chi connectivity index (χ0) is 15.5. The molecule has 2 aromatic carbocycles. The van der Waals surface area contributed by atoms with E-state index in [1.165, 1.54) is 0 Å². The standard InChI is InChI=1S/C15H12Cl2N4O/c1-22-15-10(9-5-6-11(16)12(17)7-9)3-2-4-13(15)19-14-8-18-21-20-14/h2-8H,1H3,(H2,18,19,20,21). The Morgan fingerprint density at radius 1 is 1.14 bits per heavy atom. The maximum absolute atomic E-state index is 6.10. The molecule has 3 rings (SSSR count). The molecule has 1 heterocycles. The molecule has 0 saturated heterocycles. The summed E-state index contributed by atoms with van der Waals surface area (Å²) < 4.78 is 5.55. The van der Waals surface area contributed by atoms with E-state index >= 15 is 0 Å². The summed E-state index contributed by atoms with van der Waals surface area (Å²) >= 11 is 12.1. The van der Waals surface area contributed by atoms with E-state index in [9.17, 15) is 0 Å². The van der Waals surface area contributed by atoms with Gasteiger partial charge in [-0.1, -0.05) is 41.4 Å². The molecule has 3 aromatic rings. The van der Waals surface area contributed by atoms with Gasteiger partial charge in [-0.25, -0.2) is 0 Å². The first-order valence-corrected chi connectivity index (χ1v) is 7.20. The molecule has 1 aromatic heterocycles. The Balaban J connectivity index is 2.06. The van der Waals surface area contributed by atoms with Gasteiger partial charge in [0, 0.05) is 5.56 Å². The number of H-pyrrole nitrogens is 1. The van der Waals surface area contributed by atoms with Crippen molar-refractivity contribution in [1.29, 1.82) is 0 Å². The SMILES string of the molecule is COc1c(Nc2cn[nH]n2)cccc1-c1ccc(Cl)c(Cl)c1. The number of anilines is 2. The number of nitrogens with one attached hydrogen (secondary N) is 2. The average molecular weight is 335 g/mol. The van der Waals surface area contributed by atoms with Crippen LogP contribution in [-0.4, -0.2) is 22.5 Å². The fourth-order valence-corrected chi connectivity index (χ4v) is 2.44. The summed E-state index contributed by atoms with van der Waals surface area (Å²) in [7, 11) is 1.62. The maximum atomic E-state index is 6.10. The van der Waals surface area contributed by atoms with Crippen LogP contribution in [0.15, 0.2) is 42.6 Å². The summed E-state index contributed by atoms with van der Waals surface area (Å²) in [5, 5.41) is 14.5. The smallest absolute Gasteiger partial charge is 0.172 e.